The van der Waals surface area contributed by atoms with Crippen LogP contribution in [0.2, 0.25) is 0 Å². The highest BCUT2D eigenvalue weighted by Crippen LogP contribution is 2.27. The Kier molecular flexibility index (Phi) is 6.45. The maximum Gasteiger partial charge on any atom is 0.220 e. The summed E-state index contributed by atoms with van der Waals surface area (Å²) < 4.78 is 5.64. The molecule has 0 aromatic rings. The molecule has 1 saturated heterocycles. The molecule has 1 aliphatic heterocycles. The van der Waals surface area contributed by atoms with Gasteiger partial charge in [-0.2, -0.15) is 0 Å². The lowest BCUT2D eigenvalue weighted by molar-refractivity contribution is -0.122. The van der Waals surface area contributed by atoms with Gasteiger partial charge in [0.25, 0.3) is 0 Å². The predicted molar refractivity (Wildman–Crippen MR) is 77.4 cm³/mol. The molecule has 0 radical (unpaired) electrons. The first-order chi connectivity index (χ1) is 9.24. The number of nitrogens with one attached hydrogen (secondary N) is 1. The van der Waals surface area contributed by atoms with Crippen LogP contribution < -0.4 is 5.32 Å². The summed E-state index contributed by atoms with van der Waals surface area (Å²) in [5.74, 6) is 0.812. The van der Waals surface area contributed by atoms with Crippen molar-refractivity contribution in [3.63, 3.8) is 0 Å². The summed E-state index contributed by atoms with van der Waals surface area (Å²) in [4.78, 5) is 11.8. The monoisotopic (exact) mass is 287 g/mol. The van der Waals surface area contributed by atoms with E-state index in [1.165, 1.54) is 12.8 Å². The molecule has 1 unspecified atom stereocenters. The average molecular weight is 288 g/mol. The Hall–Kier alpha value is -0.280. The van der Waals surface area contributed by atoms with E-state index in [-0.39, 0.29) is 5.91 Å². The molecule has 1 aliphatic carbocycles. The molecule has 1 saturated carbocycles. The lowest BCUT2D eigenvalue weighted by Crippen LogP contribution is -2.32. The van der Waals surface area contributed by atoms with E-state index in [9.17, 15) is 4.79 Å². The first-order valence-corrected chi connectivity index (χ1v) is 8.20. The largest absolute Gasteiger partial charge is 0.378 e. The standard InChI is InChI=1S/C15H26ClNO2/c16-13-6-4-12(5-7-13)11-17-15(18)9-8-14-3-1-2-10-19-14/h12-14H,1-11H2,(H,17,18). The molecular formula is C15H26ClNO2. The van der Waals surface area contributed by atoms with E-state index in [2.05, 4.69) is 5.32 Å². The highest BCUT2D eigenvalue weighted by atomic mass is 35.5. The Labute approximate surface area is 121 Å². The van der Waals surface area contributed by atoms with Crippen molar-refractivity contribution in [2.45, 2.75) is 69.3 Å². The molecule has 2 fully saturated rings. The Morgan fingerprint density at radius 1 is 1.16 bits per heavy atom. The summed E-state index contributed by atoms with van der Waals surface area (Å²) in [6.45, 7) is 1.70. The number of carbonyl (C=O) groups excluding carboxylic acids is 1. The molecule has 1 amide bonds. The third-order valence-electron chi connectivity index (χ3n) is 4.33. The van der Waals surface area contributed by atoms with Crippen LogP contribution in [0, 0.1) is 5.92 Å². The van der Waals surface area contributed by atoms with Crippen molar-refractivity contribution < 1.29 is 9.53 Å². The minimum Gasteiger partial charge on any atom is -0.378 e. The zero-order valence-corrected chi connectivity index (χ0v) is 12.5. The normalized spacial score (nSPS) is 31.9. The topological polar surface area (TPSA) is 38.3 Å². The lowest BCUT2D eigenvalue weighted by atomic mass is 9.89. The Bertz CT molecular complexity index is 271. The molecule has 1 atom stereocenters. The fourth-order valence-corrected chi connectivity index (χ4v) is 3.25. The zero-order valence-electron chi connectivity index (χ0n) is 11.7. The van der Waals surface area contributed by atoms with Crippen molar-refractivity contribution >= 4 is 17.5 Å². The minimum atomic E-state index is 0.183. The molecule has 0 bridgehead atoms. The average Bonchev–Trinajstić information content (AvgIpc) is 2.45. The number of carbonyl (C=O) groups is 1. The van der Waals surface area contributed by atoms with Gasteiger partial charge in [0.2, 0.25) is 5.91 Å². The van der Waals surface area contributed by atoms with E-state index >= 15 is 0 Å². The number of halogens is 1. The summed E-state index contributed by atoms with van der Waals surface area (Å²) in [6.07, 6.45) is 9.82. The Morgan fingerprint density at radius 2 is 1.95 bits per heavy atom. The van der Waals surface area contributed by atoms with E-state index in [0.29, 0.717) is 23.8 Å². The van der Waals surface area contributed by atoms with Crippen LogP contribution in [0.4, 0.5) is 0 Å². The molecule has 1 heterocycles. The van der Waals surface area contributed by atoms with Gasteiger partial charge >= 0.3 is 0 Å². The molecule has 110 valence electrons. The maximum absolute atomic E-state index is 11.8. The predicted octanol–water partition coefficient (Wildman–Crippen LogP) is 3.25. The number of hydrogen-bond acceptors (Lipinski definition) is 2. The van der Waals surface area contributed by atoms with Crippen molar-refractivity contribution in [3.05, 3.63) is 0 Å². The van der Waals surface area contributed by atoms with Gasteiger partial charge in [-0.25, -0.2) is 0 Å². The van der Waals surface area contributed by atoms with Gasteiger partial charge in [-0.05, 0) is 57.3 Å². The first kappa shape index (κ1) is 15.1. The van der Waals surface area contributed by atoms with Crippen LogP contribution in [0.25, 0.3) is 0 Å². The van der Waals surface area contributed by atoms with Gasteiger partial charge in [-0.15, -0.1) is 11.6 Å². The number of ether oxygens (including phenoxy) is 1. The van der Waals surface area contributed by atoms with Crippen LogP contribution in [0.1, 0.15) is 57.8 Å². The number of amides is 1. The Balaban J connectivity index is 1.54. The van der Waals surface area contributed by atoms with Crippen molar-refractivity contribution in [1.29, 1.82) is 0 Å². The SMILES string of the molecule is O=C(CCC1CCCCO1)NCC1CCC(Cl)CC1. The van der Waals surface area contributed by atoms with Crippen LogP contribution in [-0.4, -0.2) is 30.5 Å². The molecule has 0 aromatic heterocycles. The van der Waals surface area contributed by atoms with E-state index in [1.54, 1.807) is 0 Å². The lowest BCUT2D eigenvalue weighted by Gasteiger charge is -2.25. The van der Waals surface area contributed by atoms with Gasteiger partial charge in [0.15, 0.2) is 0 Å². The highest BCUT2D eigenvalue weighted by Gasteiger charge is 2.20. The second kappa shape index (κ2) is 8.11. The van der Waals surface area contributed by atoms with Crippen molar-refractivity contribution in [2.75, 3.05) is 13.2 Å². The van der Waals surface area contributed by atoms with E-state index in [4.69, 9.17) is 16.3 Å². The summed E-state index contributed by atoms with van der Waals surface area (Å²) >= 11 is 6.08. The van der Waals surface area contributed by atoms with E-state index in [0.717, 1.165) is 51.7 Å². The zero-order chi connectivity index (χ0) is 13.5. The molecule has 0 spiro atoms. The third-order valence-corrected chi connectivity index (χ3v) is 4.77. The van der Waals surface area contributed by atoms with Gasteiger partial charge in [0, 0.05) is 24.9 Å². The van der Waals surface area contributed by atoms with Crippen LogP contribution in [0.15, 0.2) is 0 Å². The number of hydrogen-bond donors (Lipinski definition) is 1. The van der Waals surface area contributed by atoms with Gasteiger partial charge in [0.1, 0.15) is 0 Å². The smallest absolute Gasteiger partial charge is 0.220 e. The highest BCUT2D eigenvalue weighted by molar-refractivity contribution is 6.20. The van der Waals surface area contributed by atoms with Gasteiger partial charge in [0.05, 0.1) is 6.10 Å². The fraction of sp³-hybridized carbons (Fsp3) is 0.933. The molecule has 0 aromatic carbocycles. The van der Waals surface area contributed by atoms with Crippen LogP contribution >= 0.6 is 11.6 Å². The van der Waals surface area contributed by atoms with Crippen molar-refractivity contribution in [3.8, 4) is 0 Å². The van der Waals surface area contributed by atoms with Crippen molar-refractivity contribution in [2.24, 2.45) is 5.92 Å². The summed E-state index contributed by atoms with van der Waals surface area (Å²) in [7, 11) is 0. The second-order valence-corrected chi connectivity index (χ2v) is 6.57. The summed E-state index contributed by atoms with van der Waals surface area (Å²) in [6, 6.07) is 0. The molecule has 1 N–H and O–H groups in total. The van der Waals surface area contributed by atoms with Gasteiger partial charge in [-0.1, -0.05) is 0 Å². The summed E-state index contributed by atoms with van der Waals surface area (Å²) in [5, 5.41) is 3.43. The van der Waals surface area contributed by atoms with Crippen LogP contribution in [0.3, 0.4) is 0 Å². The number of rotatable bonds is 5. The fourth-order valence-electron chi connectivity index (χ4n) is 3.00. The van der Waals surface area contributed by atoms with Crippen LogP contribution in [0.5, 0.6) is 0 Å². The molecule has 2 rings (SSSR count). The molecule has 19 heavy (non-hydrogen) atoms. The number of alkyl halides is 1. The Morgan fingerprint density at radius 3 is 2.63 bits per heavy atom. The summed E-state index contributed by atoms with van der Waals surface area (Å²) in [5.41, 5.74) is 0. The minimum absolute atomic E-state index is 0.183. The van der Waals surface area contributed by atoms with Gasteiger partial charge < -0.3 is 10.1 Å². The van der Waals surface area contributed by atoms with Crippen molar-refractivity contribution in [1.82, 2.24) is 5.32 Å². The van der Waals surface area contributed by atoms with E-state index in [1.807, 2.05) is 0 Å². The second-order valence-electron chi connectivity index (χ2n) is 5.95. The van der Waals surface area contributed by atoms with Crippen LogP contribution in [-0.2, 0) is 9.53 Å². The molecule has 2 aliphatic rings. The first-order valence-electron chi connectivity index (χ1n) is 7.76. The maximum atomic E-state index is 11.8. The molecule has 3 nitrogen and oxygen atoms in total. The third kappa shape index (κ3) is 5.70. The van der Waals surface area contributed by atoms with E-state index < -0.39 is 0 Å². The van der Waals surface area contributed by atoms with Gasteiger partial charge in [-0.3, -0.25) is 4.79 Å². The quantitative estimate of drug-likeness (QED) is 0.788. The molecular weight excluding hydrogens is 262 g/mol. The molecule has 4 heteroatoms.